The molecule has 0 aliphatic heterocycles. The first kappa shape index (κ1) is 16.4. The number of aromatic nitrogens is 1. The summed E-state index contributed by atoms with van der Waals surface area (Å²) in [6, 6.07) is 5.70. The van der Waals surface area contributed by atoms with Gasteiger partial charge in [-0.05, 0) is 37.0 Å². The van der Waals surface area contributed by atoms with Gasteiger partial charge in [0.2, 0.25) is 0 Å². The summed E-state index contributed by atoms with van der Waals surface area (Å²) in [7, 11) is 0. The van der Waals surface area contributed by atoms with Gasteiger partial charge in [-0.25, -0.2) is 14.2 Å². The molecule has 0 saturated heterocycles. The largest absolute Gasteiger partial charge is 0.396 e. The minimum absolute atomic E-state index is 0.178. The molecule has 22 heavy (non-hydrogen) atoms. The Kier molecular flexibility index (Phi) is 6.29. The maximum Gasteiger partial charge on any atom is 0.321 e. The van der Waals surface area contributed by atoms with Crippen molar-refractivity contribution in [2.45, 2.75) is 25.8 Å². The van der Waals surface area contributed by atoms with Crippen LogP contribution in [-0.4, -0.2) is 22.7 Å². The Hall–Kier alpha value is -1.99. The number of anilines is 1. The molecule has 0 atom stereocenters. The maximum absolute atomic E-state index is 13.0. The van der Waals surface area contributed by atoms with Crippen molar-refractivity contribution < 1.29 is 14.3 Å². The molecule has 0 saturated carbocycles. The van der Waals surface area contributed by atoms with Gasteiger partial charge in [-0.3, -0.25) is 5.32 Å². The number of urea groups is 1. The Bertz CT molecular complexity index is 618. The van der Waals surface area contributed by atoms with E-state index in [4.69, 9.17) is 5.11 Å². The molecule has 0 bridgehead atoms. The second-order valence-corrected chi connectivity index (χ2v) is 5.62. The van der Waals surface area contributed by atoms with E-state index in [1.54, 1.807) is 12.1 Å². The van der Waals surface area contributed by atoms with Gasteiger partial charge in [0, 0.05) is 18.5 Å². The van der Waals surface area contributed by atoms with Crippen molar-refractivity contribution in [3.05, 3.63) is 46.7 Å². The Balaban J connectivity index is 1.77. The third kappa shape index (κ3) is 5.42. The fraction of sp³-hybridized carbons (Fsp3) is 0.333. The predicted octanol–water partition coefficient (Wildman–Crippen LogP) is 2.92. The molecule has 7 heteroatoms. The Labute approximate surface area is 132 Å². The molecule has 1 heterocycles. The summed E-state index contributed by atoms with van der Waals surface area (Å²) in [4.78, 5) is 16.1. The molecule has 5 nitrogen and oxygen atoms in total. The van der Waals surface area contributed by atoms with Crippen molar-refractivity contribution in [1.82, 2.24) is 10.3 Å². The molecular weight excluding hydrogens is 305 g/mol. The highest BCUT2D eigenvalue weighted by atomic mass is 32.1. The summed E-state index contributed by atoms with van der Waals surface area (Å²) in [5, 5.41) is 16.4. The van der Waals surface area contributed by atoms with Crippen molar-refractivity contribution in [3.8, 4) is 0 Å². The smallest absolute Gasteiger partial charge is 0.321 e. The number of aliphatic hydroxyl groups excluding tert-OH is 1. The fourth-order valence-corrected chi connectivity index (χ4v) is 2.61. The minimum Gasteiger partial charge on any atom is -0.396 e. The Morgan fingerprint density at radius 2 is 2.23 bits per heavy atom. The van der Waals surface area contributed by atoms with Crippen molar-refractivity contribution >= 4 is 22.5 Å². The number of nitrogens with zero attached hydrogens (tertiary/aromatic N) is 1. The van der Waals surface area contributed by atoms with E-state index < -0.39 is 0 Å². The van der Waals surface area contributed by atoms with Gasteiger partial charge in [0.05, 0.1) is 5.69 Å². The molecule has 0 aliphatic rings. The first-order valence-corrected chi connectivity index (χ1v) is 7.90. The standard InChI is InChI=1S/C15H18FN3O2S/c16-12-5-3-4-11(8-12)9-17-14(21)19-15-18-13(10-22-15)6-1-2-7-20/h3-5,8,10,20H,1-2,6-7,9H2,(H2,17,18,19,21). The number of amides is 2. The molecular formula is C15H18FN3O2S. The van der Waals surface area contributed by atoms with Crippen LogP contribution in [-0.2, 0) is 13.0 Å². The average molecular weight is 323 g/mol. The number of rotatable bonds is 7. The molecule has 2 amide bonds. The van der Waals surface area contributed by atoms with Gasteiger partial charge in [-0.2, -0.15) is 0 Å². The number of carbonyl (C=O) groups is 1. The Morgan fingerprint density at radius 1 is 1.36 bits per heavy atom. The lowest BCUT2D eigenvalue weighted by molar-refractivity contribution is 0.251. The summed E-state index contributed by atoms with van der Waals surface area (Å²) in [5.74, 6) is -0.327. The van der Waals surface area contributed by atoms with Crippen LogP contribution >= 0.6 is 11.3 Å². The van der Waals surface area contributed by atoms with Crippen molar-refractivity contribution in [1.29, 1.82) is 0 Å². The van der Waals surface area contributed by atoms with E-state index in [-0.39, 0.29) is 25.0 Å². The molecule has 0 radical (unpaired) electrons. The van der Waals surface area contributed by atoms with Crippen LogP contribution < -0.4 is 10.6 Å². The number of aryl methyl sites for hydroxylation is 1. The lowest BCUT2D eigenvalue weighted by Gasteiger charge is -2.05. The summed E-state index contributed by atoms with van der Waals surface area (Å²) in [6.07, 6.45) is 2.39. The number of thiazole rings is 1. The molecule has 118 valence electrons. The molecule has 0 spiro atoms. The normalized spacial score (nSPS) is 10.5. The van der Waals surface area contributed by atoms with Crippen LogP contribution in [0.15, 0.2) is 29.6 Å². The number of benzene rings is 1. The number of carbonyl (C=O) groups excluding carboxylic acids is 1. The van der Waals surface area contributed by atoms with Crippen LogP contribution in [0.1, 0.15) is 24.1 Å². The van der Waals surface area contributed by atoms with Crippen LogP contribution in [0.5, 0.6) is 0 Å². The average Bonchev–Trinajstić information content (AvgIpc) is 2.93. The quantitative estimate of drug-likeness (QED) is 0.686. The molecule has 0 aliphatic carbocycles. The van der Waals surface area contributed by atoms with Crippen molar-refractivity contribution in [3.63, 3.8) is 0 Å². The van der Waals surface area contributed by atoms with E-state index in [9.17, 15) is 9.18 Å². The molecule has 0 fully saturated rings. The Morgan fingerprint density at radius 3 is 3.00 bits per heavy atom. The number of hydrogen-bond acceptors (Lipinski definition) is 4. The van der Waals surface area contributed by atoms with E-state index in [0.717, 1.165) is 25.0 Å². The van der Waals surface area contributed by atoms with Gasteiger partial charge in [0.1, 0.15) is 5.82 Å². The summed E-state index contributed by atoms with van der Waals surface area (Å²) in [6.45, 7) is 0.427. The van der Waals surface area contributed by atoms with Crippen molar-refractivity contribution in [2.75, 3.05) is 11.9 Å². The van der Waals surface area contributed by atoms with Gasteiger partial charge in [0.15, 0.2) is 5.13 Å². The number of unbranched alkanes of at least 4 members (excludes halogenated alkanes) is 1. The molecule has 0 unspecified atom stereocenters. The number of aliphatic hydroxyl groups is 1. The zero-order valence-corrected chi connectivity index (χ0v) is 12.8. The van der Waals surface area contributed by atoms with Crippen molar-refractivity contribution in [2.24, 2.45) is 0 Å². The summed E-state index contributed by atoms with van der Waals surface area (Å²) < 4.78 is 13.0. The first-order valence-electron chi connectivity index (χ1n) is 7.02. The zero-order valence-electron chi connectivity index (χ0n) is 12.0. The number of hydrogen-bond donors (Lipinski definition) is 3. The van der Waals surface area contributed by atoms with Gasteiger partial charge in [-0.15, -0.1) is 11.3 Å². The van der Waals surface area contributed by atoms with Crippen LogP contribution in [0.25, 0.3) is 0 Å². The number of nitrogens with one attached hydrogen (secondary N) is 2. The van der Waals surface area contributed by atoms with Crippen LogP contribution in [0.4, 0.5) is 14.3 Å². The third-order valence-corrected chi connectivity index (χ3v) is 3.76. The SMILES string of the molecule is O=C(NCc1cccc(F)c1)Nc1nc(CCCCO)cs1. The number of halogens is 1. The van der Waals surface area contributed by atoms with Gasteiger partial charge in [-0.1, -0.05) is 12.1 Å². The van der Waals surface area contributed by atoms with Crippen LogP contribution in [0.3, 0.4) is 0 Å². The molecule has 1 aromatic heterocycles. The maximum atomic E-state index is 13.0. The first-order chi connectivity index (χ1) is 10.7. The predicted molar refractivity (Wildman–Crippen MR) is 84.4 cm³/mol. The zero-order chi connectivity index (χ0) is 15.8. The second-order valence-electron chi connectivity index (χ2n) is 4.76. The fourth-order valence-electron chi connectivity index (χ4n) is 1.87. The van der Waals surface area contributed by atoms with E-state index in [2.05, 4.69) is 15.6 Å². The monoisotopic (exact) mass is 323 g/mol. The second kappa shape index (κ2) is 8.45. The highest BCUT2D eigenvalue weighted by Crippen LogP contribution is 2.16. The van der Waals surface area contributed by atoms with Gasteiger partial charge in [0.25, 0.3) is 0 Å². The molecule has 2 rings (SSSR count). The highest BCUT2D eigenvalue weighted by molar-refractivity contribution is 7.13. The van der Waals surface area contributed by atoms with Crippen LogP contribution in [0, 0.1) is 5.82 Å². The molecule has 2 aromatic rings. The van der Waals surface area contributed by atoms with E-state index in [1.165, 1.54) is 23.5 Å². The minimum atomic E-state index is -0.375. The van der Waals surface area contributed by atoms with E-state index in [1.807, 2.05) is 5.38 Å². The highest BCUT2D eigenvalue weighted by Gasteiger charge is 2.06. The van der Waals surface area contributed by atoms with Crippen LogP contribution in [0.2, 0.25) is 0 Å². The lowest BCUT2D eigenvalue weighted by Crippen LogP contribution is -2.28. The van der Waals surface area contributed by atoms with E-state index in [0.29, 0.717) is 10.7 Å². The topological polar surface area (TPSA) is 74.2 Å². The third-order valence-electron chi connectivity index (χ3n) is 2.96. The summed E-state index contributed by atoms with van der Waals surface area (Å²) in [5.41, 5.74) is 1.60. The summed E-state index contributed by atoms with van der Waals surface area (Å²) >= 11 is 1.35. The lowest BCUT2D eigenvalue weighted by atomic mass is 10.2. The molecule has 3 N–H and O–H groups in total. The van der Waals surface area contributed by atoms with E-state index >= 15 is 0 Å². The molecule has 1 aromatic carbocycles. The van der Waals surface area contributed by atoms with Gasteiger partial charge < -0.3 is 10.4 Å². The van der Waals surface area contributed by atoms with Gasteiger partial charge >= 0.3 is 6.03 Å².